The van der Waals surface area contributed by atoms with E-state index in [1.807, 2.05) is 42.5 Å². The average Bonchev–Trinajstić information content (AvgIpc) is 3.45. The first-order chi connectivity index (χ1) is 20.8. The van der Waals surface area contributed by atoms with Crippen LogP contribution in [0.15, 0.2) is 88.7 Å². The Bertz CT molecular complexity index is 1730. The molecule has 4 aromatic rings. The number of carbonyl (C=O) groups is 3. The number of para-hydroxylation sites is 1. The monoisotopic (exact) mass is 632 g/mol. The molecule has 0 aliphatic carbocycles. The Hall–Kier alpha value is -3.86. The normalized spacial score (nSPS) is 19.2. The van der Waals surface area contributed by atoms with Crippen molar-refractivity contribution in [2.45, 2.75) is 36.6 Å². The van der Waals surface area contributed by atoms with Crippen molar-refractivity contribution in [3.05, 3.63) is 104 Å². The number of thioether (sulfide) groups is 1. The van der Waals surface area contributed by atoms with Gasteiger partial charge in [-0.05, 0) is 67.9 Å². The van der Waals surface area contributed by atoms with E-state index in [1.54, 1.807) is 36.4 Å². The lowest BCUT2D eigenvalue weighted by molar-refractivity contribution is -0.122. The van der Waals surface area contributed by atoms with Gasteiger partial charge in [-0.15, -0.1) is 0 Å². The highest BCUT2D eigenvalue weighted by atomic mass is 35.5. The van der Waals surface area contributed by atoms with Gasteiger partial charge < -0.3 is 10.2 Å². The van der Waals surface area contributed by atoms with Crippen LogP contribution in [-0.4, -0.2) is 40.6 Å². The van der Waals surface area contributed by atoms with Crippen molar-refractivity contribution in [3.63, 3.8) is 0 Å². The van der Waals surface area contributed by atoms with Crippen LogP contribution in [0.5, 0.6) is 0 Å². The second-order valence-corrected chi connectivity index (χ2v) is 12.9. The van der Waals surface area contributed by atoms with Gasteiger partial charge >= 0.3 is 4.87 Å². The number of benzene rings is 3. The molecule has 2 aliphatic heterocycles. The molecule has 1 fully saturated rings. The summed E-state index contributed by atoms with van der Waals surface area (Å²) in [6.07, 6.45) is 0. The number of hydrogen-bond acceptors (Lipinski definition) is 7. The number of imide groups is 1. The Morgan fingerprint density at radius 2 is 1.58 bits per heavy atom. The van der Waals surface area contributed by atoms with E-state index in [0.717, 1.165) is 35.7 Å². The lowest BCUT2D eigenvalue weighted by atomic mass is 9.83. The minimum Gasteiger partial charge on any atom is -0.372 e. The SMILES string of the molecule is CCN(CC)c1ccc(C2c3sc(=O)n(CC(=O)Nc4ccccc4)c3SC3C(=O)N(c4ccc(Cl)cc4)C(=O)C32)cc1. The summed E-state index contributed by atoms with van der Waals surface area (Å²) in [6.45, 7) is 5.68. The average molecular weight is 633 g/mol. The number of nitrogens with one attached hydrogen (secondary N) is 1. The van der Waals surface area contributed by atoms with Crippen molar-refractivity contribution >= 4 is 69.5 Å². The van der Waals surface area contributed by atoms with E-state index in [0.29, 0.717) is 26.3 Å². The molecule has 3 heterocycles. The van der Waals surface area contributed by atoms with Crippen molar-refractivity contribution < 1.29 is 14.4 Å². The molecule has 3 atom stereocenters. The molecule has 11 heteroatoms. The molecule has 0 spiro atoms. The zero-order chi connectivity index (χ0) is 30.2. The molecule has 2 aliphatic rings. The summed E-state index contributed by atoms with van der Waals surface area (Å²) in [5.74, 6) is -2.27. The minimum absolute atomic E-state index is 0.208. The van der Waals surface area contributed by atoms with E-state index in [1.165, 1.54) is 21.2 Å². The Morgan fingerprint density at radius 1 is 0.907 bits per heavy atom. The third-order valence-electron chi connectivity index (χ3n) is 7.87. The van der Waals surface area contributed by atoms with E-state index < -0.39 is 17.1 Å². The number of halogens is 1. The molecule has 0 bridgehead atoms. The Morgan fingerprint density at radius 3 is 2.23 bits per heavy atom. The van der Waals surface area contributed by atoms with Crippen LogP contribution < -0.4 is 20.0 Å². The van der Waals surface area contributed by atoms with E-state index in [-0.39, 0.29) is 29.1 Å². The number of aromatic nitrogens is 1. The van der Waals surface area contributed by atoms with Gasteiger partial charge in [0.15, 0.2) is 0 Å². The van der Waals surface area contributed by atoms with Crippen molar-refractivity contribution in [2.24, 2.45) is 5.92 Å². The lowest BCUT2D eigenvalue weighted by Crippen LogP contribution is -2.33. The van der Waals surface area contributed by atoms with Crippen molar-refractivity contribution in [1.82, 2.24) is 4.57 Å². The van der Waals surface area contributed by atoms with Gasteiger partial charge in [-0.2, -0.15) is 0 Å². The summed E-state index contributed by atoms with van der Waals surface area (Å²) < 4.78 is 1.43. The number of amides is 3. The Kier molecular flexibility index (Phi) is 8.17. The quantitative estimate of drug-likeness (QED) is 0.245. The van der Waals surface area contributed by atoms with Gasteiger partial charge in [0.2, 0.25) is 17.7 Å². The number of rotatable bonds is 8. The first-order valence-electron chi connectivity index (χ1n) is 14.0. The number of nitrogens with zero attached hydrogens (tertiary/aromatic N) is 3. The second-order valence-electron chi connectivity index (χ2n) is 10.3. The maximum atomic E-state index is 14.1. The molecule has 220 valence electrons. The standard InChI is InChI=1S/C32H29ClN4O4S2/c1-3-35(4-2)22-14-10-19(11-15-22)25-26-27(30(40)37(29(26)39)23-16-12-20(33)13-17-23)42-31-28(25)43-32(41)36(31)18-24(38)34-21-8-6-5-7-9-21/h5-17,25-27H,3-4,18H2,1-2H3,(H,34,38). The van der Waals surface area contributed by atoms with Crippen molar-refractivity contribution in [1.29, 1.82) is 0 Å². The fraction of sp³-hybridized carbons (Fsp3) is 0.250. The number of carbonyl (C=O) groups excluding carboxylic acids is 3. The van der Waals surface area contributed by atoms with Crippen LogP contribution in [0.25, 0.3) is 0 Å². The number of anilines is 3. The molecule has 0 saturated carbocycles. The van der Waals surface area contributed by atoms with Crippen LogP contribution in [0.1, 0.15) is 30.2 Å². The smallest absolute Gasteiger partial charge is 0.308 e. The molecular formula is C32H29ClN4O4S2. The largest absolute Gasteiger partial charge is 0.372 e. The zero-order valence-electron chi connectivity index (χ0n) is 23.5. The van der Waals surface area contributed by atoms with Crippen LogP contribution in [0.3, 0.4) is 0 Å². The number of hydrogen-bond donors (Lipinski definition) is 1. The third-order valence-corrected chi connectivity index (χ3v) is 10.7. The Balaban J connectivity index is 1.42. The summed E-state index contributed by atoms with van der Waals surface area (Å²) in [6, 6.07) is 23.6. The molecule has 1 saturated heterocycles. The molecule has 1 aromatic heterocycles. The summed E-state index contributed by atoms with van der Waals surface area (Å²) >= 11 is 8.32. The topological polar surface area (TPSA) is 91.7 Å². The molecule has 3 unspecified atom stereocenters. The van der Waals surface area contributed by atoms with Crippen LogP contribution >= 0.6 is 34.7 Å². The van der Waals surface area contributed by atoms with Gasteiger partial charge in [0.1, 0.15) is 11.8 Å². The molecular weight excluding hydrogens is 604 g/mol. The fourth-order valence-electron chi connectivity index (χ4n) is 5.81. The van der Waals surface area contributed by atoms with E-state index in [4.69, 9.17) is 11.6 Å². The van der Waals surface area contributed by atoms with Gasteiger partial charge in [-0.25, -0.2) is 4.90 Å². The number of thiazole rings is 1. The highest BCUT2D eigenvalue weighted by Crippen LogP contribution is 2.54. The minimum atomic E-state index is -0.763. The molecule has 43 heavy (non-hydrogen) atoms. The van der Waals surface area contributed by atoms with Crippen molar-refractivity contribution in [2.75, 3.05) is 28.2 Å². The summed E-state index contributed by atoms with van der Waals surface area (Å²) in [5.41, 5.74) is 2.97. The van der Waals surface area contributed by atoms with Gasteiger partial charge in [0, 0.05) is 40.3 Å². The summed E-state index contributed by atoms with van der Waals surface area (Å²) in [5, 5.41) is 3.12. The molecule has 8 nitrogen and oxygen atoms in total. The Labute approximate surface area is 262 Å². The predicted octanol–water partition coefficient (Wildman–Crippen LogP) is 5.84. The van der Waals surface area contributed by atoms with Gasteiger partial charge in [-0.1, -0.05) is 65.0 Å². The maximum Gasteiger partial charge on any atom is 0.308 e. The zero-order valence-corrected chi connectivity index (χ0v) is 25.9. The third kappa shape index (κ3) is 5.39. The molecule has 3 aromatic carbocycles. The second kappa shape index (κ2) is 12.0. The van der Waals surface area contributed by atoms with Gasteiger partial charge in [-0.3, -0.25) is 23.7 Å². The fourth-order valence-corrected chi connectivity index (χ4v) is 8.71. The van der Waals surface area contributed by atoms with Crippen LogP contribution in [0.2, 0.25) is 5.02 Å². The van der Waals surface area contributed by atoms with E-state index >= 15 is 0 Å². The molecule has 0 radical (unpaired) electrons. The van der Waals surface area contributed by atoms with Gasteiger partial charge in [0.25, 0.3) is 0 Å². The first kappa shape index (κ1) is 29.2. The van der Waals surface area contributed by atoms with Crippen molar-refractivity contribution in [3.8, 4) is 0 Å². The van der Waals surface area contributed by atoms with Crippen LogP contribution in [-0.2, 0) is 20.9 Å². The van der Waals surface area contributed by atoms with E-state index in [9.17, 15) is 19.2 Å². The highest BCUT2D eigenvalue weighted by molar-refractivity contribution is 8.00. The first-order valence-corrected chi connectivity index (χ1v) is 16.1. The lowest BCUT2D eigenvalue weighted by Gasteiger charge is -2.31. The van der Waals surface area contributed by atoms with Gasteiger partial charge in [0.05, 0.1) is 16.6 Å². The molecule has 3 amide bonds. The maximum absolute atomic E-state index is 14.1. The van der Waals surface area contributed by atoms with Crippen LogP contribution in [0, 0.1) is 5.92 Å². The molecule has 1 N–H and O–H groups in total. The van der Waals surface area contributed by atoms with Crippen LogP contribution in [0.4, 0.5) is 17.1 Å². The summed E-state index contributed by atoms with van der Waals surface area (Å²) in [7, 11) is 0. The predicted molar refractivity (Wildman–Crippen MR) is 173 cm³/mol. The molecule has 6 rings (SSSR count). The van der Waals surface area contributed by atoms with E-state index in [2.05, 4.69) is 24.1 Å². The number of fused-ring (bicyclic) bond motifs is 2. The summed E-state index contributed by atoms with van der Waals surface area (Å²) in [4.78, 5) is 58.2. The highest BCUT2D eigenvalue weighted by Gasteiger charge is 2.56.